The molecule has 156 valence electrons. The largest absolute Gasteiger partial charge is 0.355 e. The van der Waals surface area contributed by atoms with Gasteiger partial charge in [-0.05, 0) is 44.2 Å². The predicted molar refractivity (Wildman–Crippen MR) is 118 cm³/mol. The molecule has 5 nitrogen and oxygen atoms in total. The first-order chi connectivity index (χ1) is 14.3. The smallest absolute Gasteiger partial charge is 0.224 e. The van der Waals surface area contributed by atoms with Gasteiger partial charge in [0.15, 0.2) is 0 Å². The van der Waals surface area contributed by atoms with Crippen LogP contribution < -0.4 is 5.32 Å². The average molecular weight is 413 g/mol. The third kappa shape index (κ3) is 5.87. The van der Waals surface area contributed by atoms with Gasteiger partial charge in [0.05, 0.1) is 12.5 Å². The van der Waals surface area contributed by atoms with Crippen molar-refractivity contribution in [2.45, 2.75) is 44.7 Å². The minimum atomic E-state index is 0.146. The van der Waals surface area contributed by atoms with Crippen molar-refractivity contribution in [2.75, 3.05) is 32.7 Å². The van der Waals surface area contributed by atoms with Crippen molar-refractivity contribution in [3.05, 3.63) is 52.5 Å². The van der Waals surface area contributed by atoms with E-state index in [1.54, 1.807) is 11.3 Å². The molecule has 0 bridgehead atoms. The lowest BCUT2D eigenvalue weighted by Gasteiger charge is -2.41. The highest BCUT2D eigenvalue weighted by Crippen LogP contribution is 2.25. The topological polar surface area (TPSA) is 48.5 Å². The second kappa shape index (κ2) is 10.3. The number of carbonyl (C=O) groups is 1. The first-order valence-electron chi connectivity index (χ1n) is 10.9. The van der Waals surface area contributed by atoms with Gasteiger partial charge in [0.2, 0.25) is 5.91 Å². The quantitative estimate of drug-likeness (QED) is 0.759. The van der Waals surface area contributed by atoms with Gasteiger partial charge in [0.25, 0.3) is 0 Å². The highest BCUT2D eigenvalue weighted by Gasteiger charge is 2.31. The molecule has 0 unspecified atom stereocenters. The molecule has 4 rings (SSSR count). The lowest BCUT2D eigenvalue weighted by atomic mass is 9.93. The number of amides is 1. The van der Waals surface area contributed by atoms with Crippen molar-refractivity contribution in [1.82, 2.24) is 20.1 Å². The van der Waals surface area contributed by atoms with Crippen LogP contribution in [0.2, 0.25) is 0 Å². The predicted octanol–water partition coefficient (Wildman–Crippen LogP) is 3.18. The van der Waals surface area contributed by atoms with Crippen molar-refractivity contribution >= 4 is 17.2 Å². The molecule has 3 heterocycles. The van der Waals surface area contributed by atoms with Crippen LogP contribution in [0.25, 0.3) is 0 Å². The molecule has 0 radical (unpaired) electrons. The summed E-state index contributed by atoms with van der Waals surface area (Å²) in [5, 5.41) is 6.45. The molecule has 2 aliphatic rings. The highest BCUT2D eigenvalue weighted by molar-refractivity contribution is 7.09. The number of rotatable bonds is 7. The number of thiazole rings is 1. The maximum atomic E-state index is 12.7. The first-order valence-corrected chi connectivity index (χ1v) is 11.8. The van der Waals surface area contributed by atoms with Crippen molar-refractivity contribution in [3.8, 4) is 0 Å². The number of hydrogen-bond acceptors (Lipinski definition) is 5. The molecule has 2 saturated heterocycles. The third-order valence-electron chi connectivity index (χ3n) is 6.30. The zero-order valence-electron chi connectivity index (χ0n) is 17.1. The molecule has 1 aromatic heterocycles. The molecule has 2 aliphatic heterocycles. The van der Waals surface area contributed by atoms with Crippen molar-refractivity contribution in [1.29, 1.82) is 0 Å². The lowest BCUT2D eigenvalue weighted by Crippen LogP contribution is -2.50. The number of carbonyl (C=O) groups excluding carboxylic acids is 1. The Hall–Kier alpha value is -1.76. The number of hydrogen-bond donors (Lipinski definition) is 1. The summed E-state index contributed by atoms with van der Waals surface area (Å²) >= 11 is 1.75. The Morgan fingerprint density at radius 1 is 1.14 bits per heavy atom. The van der Waals surface area contributed by atoms with Gasteiger partial charge in [0, 0.05) is 43.8 Å². The molecule has 0 saturated carbocycles. The van der Waals surface area contributed by atoms with Crippen LogP contribution in [0.4, 0.5) is 0 Å². The second-order valence-electron chi connectivity index (χ2n) is 8.29. The molecule has 6 heteroatoms. The molecule has 1 amide bonds. The fourth-order valence-electron chi connectivity index (χ4n) is 4.64. The number of piperidine rings is 2. The maximum absolute atomic E-state index is 12.7. The van der Waals surface area contributed by atoms with E-state index in [9.17, 15) is 4.79 Å². The van der Waals surface area contributed by atoms with E-state index in [-0.39, 0.29) is 11.8 Å². The second-order valence-corrected chi connectivity index (χ2v) is 9.27. The van der Waals surface area contributed by atoms with Crippen LogP contribution >= 0.6 is 11.3 Å². The van der Waals surface area contributed by atoms with E-state index < -0.39 is 0 Å². The number of nitrogens with one attached hydrogen (secondary N) is 1. The summed E-state index contributed by atoms with van der Waals surface area (Å²) in [5.41, 5.74) is 1.28. The molecule has 2 aromatic rings. The third-order valence-corrected chi connectivity index (χ3v) is 7.06. The Balaban J connectivity index is 1.19. The van der Waals surface area contributed by atoms with E-state index in [1.165, 1.54) is 23.4 Å². The van der Waals surface area contributed by atoms with Gasteiger partial charge >= 0.3 is 0 Å². The van der Waals surface area contributed by atoms with Gasteiger partial charge in [-0.3, -0.25) is 14.6 Å². The van der Waals surface area contributed by atoms with Crippen LogP contribution in [-0.2, 0) is 17.8 Å². The first kappa shape index (κ1) is 20.5. The zero-order chi connectivity index (χ0) is 19.9. The van der Waals surface area contributed by atoms with Crippen LogP contribution in [0, 0.1) is 5.92 Å². The molecule has 1 atom stereocenters. The summed E-state index contributed by atoms with van der Waals surface area (Å²) in [6.07, 6.45) is 7.36. The van der Waals surface area contributed by atoms with E-state index in [0.717, 1.165) is 58.5 Å². The van der Waals surface area contributed by atoms with E-state index in [2.05, 4.69) is 49.7 Å². The normalized spacial score (nSPS) is 21.9. The van der Waals surface area contributed by atoms with E-state index in [4.69, 9.17) is 0 Å². The van der Waals surface area contributed by atoms with Crippen LogP contribution in [0.5, 0.6) is 0 Å². The molecule has 1 N–H and O–H groups in total. The van der Waals surface area contributed by atoms with Crippen molar-refractivity contribution < 1.29 is 4.79 Å². The summed E-state index contributed by atoms with van der Waals surface area (Å²) in [7, 11) is 0. The molecule has 29 heavy (non-hydrogen) atoms. The van der Waals surface area contributed by atoms with Crippen LogP contribution in [0.1, 0.15) is 36.3 Å². The maximum Gasteiger partial charge on any atom is 0.224 e. The molecular formula is C23H32N4OS. The Labute approximate surface area is 178 Å². The molecule has 0 aliphatic carbocycles. The van der Waals surface area contributed by atoms with E-state index >= 15 is 0 Å². The lowest BCUT2D eigenvalue weighted by molar-refractivity contribution is -0.127. The molecule has 1 aromatic carbocycles. The molecule has 2 fully saturated rings. The summed E-state index contributed by atoms with van der Waals surface area (Å²) in [6.45, 7) is 6.05. The van der Waals surface area contributed by atoms with Gasteiger partial charge in [-0.25, -0.2) is 4.98 Å². The summed E-state index contributed by atoms with van der Waals surface area (Å²) in [4.78, 5) is 22.2. The SMILES string of the molecule is O=C(NCCc1ccccc1)[C@H]1CCCN(C2CCN(Cc3nccs3)CC2)C1. The van der Waals surface area contributed by atoms with Gasteiger partial charge in [-0.1, -0.05) is 30.3 Å². The summed E-state index contributed by atoms with van der Waals surface area (Å²) < 4.78 is 0. The van der Waals surface area contributed by atoms with Gasteiger partial charge < -0.3 is 5.32 Å². The van der Waals surface area contributed by atoms with Gasteiger partial charge in [0.1, 0.15) is 5.01 Å². The van der Waals surface area contributed by atoms with Crippen LogP contribution in [0.3, 0.4) is 0 Å². The Morgan fingerprint density at radius 3 is 2.72 bits per heavy atom. The Morgan fingerprint density at radius 2 is 1.97 bits per heavy atom. The van der Waals surface area contributed by atoms with E-state index in [0.29, 0.717) is 6.04 Å². The van der Waals surface area contributed by atoms with Crippen molar-refractivity contribution in [3.63, 3.8) is 0 Å². The van der Waals surface area contributed by atoms with Crippen LogP contribution in [-0.4, -0.2) is 59.5 Å². The fraction of sp³-hybridized carbons (Fsp3) is 0.565. The highest BCUT2D eigenvalue weighted by atomic mass is 32.1. The minimum absolute atomic E-state index is 0.146. The summed E-state index contributed by atoms with van der Waals surface area (Å²) in [6, 6.07) is 11.0. The molecule has 0 spiro atoms. The number of nitrogens with zero attached hydrogens (tertiary/aromatic N) is 3. The van der Waals surface area contributed by atoms with E-state index in [1.807, 2.05) is 12.3 Å². The fourth-order valence-corrected chi connectivity index (χ4v) is 5.29. The number of aromatic nitrogens is 1. The minimum Gasteiger partial charge on any atom is -0.355 e. The molecular weight excluding hydrogens is 380 g/mol. The van der Waals surface area contributed by atoms with Crippen LogP contribution in [0.15, 0.2) is 41.9 Å². The monoisotopic (exact) mass is 412 g/mol. The Bertz CT molecular complexity index is 744. The van der Waals surface area contributed by atoms with Gasteiger partial charge in [-0.2, -0.15) is 0 Å². The Kier molecular flexibility index (Phi) is 7.30. The zero-order valence-corrected chi connectivity index (χ0v) is 17.9. The average Bonchev–Trinajstić information content (AvgIpc) is 3.28. The van der Waals surface area contributed by atoms with Gasteiger partial charge in [-0.15, -0.1) is 11.3 Å². The number of likely N-dealkylation sites (tertiary alicyclic amines) is 2. The summed E-state index contributed by atoms with van der Waals surface area (Å²) in [5.74, 6) is 0.389. The number of benzene rings is 1. The van der Waals surface area contributed by atoms with Crippen molar-refractivity contribution in [2.24, 2.45) is 5.92 Å². The standard InChI is InChI=1S/C23H32N4OS/c28-23(25-11-8-19-5-2-1-3-6-19)20-7-4-13-27(17-20)21-9-14-26(15-10-21)18-22-24-12-16-29-22/h1-3,5-6,12,16,20-21H,4,7-11,13-15,17-18H2,(H,25,28)/t20-/m0/s1.